The summed E-state index contributed by atoms with van der Waals surface area (Å²) in [7, 11) is 2.40. The van der Waals surface area contributed by atoms with Crippen molar-refractivity contribution < 1.29 is 33.3 Å². The van der Waals surface area contributed by atoms with Gasteiger partial charge in [0, 0.05) is 24.9 Å². The highest BCUT2D eigenvalue weighted by atomic mass is 35.5. The van der Waals surface area contributed by atoms with Gasteiger partial charge in [-0.15, -0.1) is 0 Å². The molecule has 154 valence electrons. The van der Waals surface area contributed by atoms with Gasteiger partial charge in [-0.05, 0) is 11.2 Å². The summed E-state index contributed by atoms with van der Waals surface area (Å²) in [5.74, 6) is -2.51. The largest absolute Gasteiger partial charge is 0.492 e. The normalized spacial score (nSPS) is 22.5. The first-order chi connectivity index (χ1) is 13.1. The topological polar surface area (TPSA) is 95.5 Å². The third-order valence-corrected chi connectivity index (χ3v) is 5.08. The molecule has 28 heavy (non-hydrogen) atoms. The van der Waals surface area contributed by atoms with E-state index in [2.05, 4.69) is 20.3 Å². The highest BCUT2D eigenvalue weighted by Crippen LogP contribution is 2.41. The molecular formula is C16H16Cl3FN2O6. The number of alkyl halides is 2. The third kappa shape index (κ3) is 4.60. The molecule has 0 radical (unpaired) electrons. The number of benzene rings is 1. The Morgan fingerprint density at radius 3 is 2.57 bits per heavy atom. The lowest BCUT2D eigenvalue weighted by Gasteiger charge is -2.38. The van der Waals surface area contributed by atoms with Crippen LogP contribution in [0.25, 0.3) is 0 Å². The van der Waals surface area contributed by atoms with E-state index in [0.717, 1.165) is 14.0 Å². The molecule has 2 atom stereocenters. The number of halogens is 4. The van der Waals surface area contributed by atoms with E-state index < -0.39 is 34.2 Å². The number of oxime groups is 1. The second-order valence-corrected chi connectivity index (χ2v) is 7.47. The summed E-state index contributed by atoms with van der Waals surface area (Å²) in [6.07, 6.45) is -0.0938. The molecule has 0 spiro atoms. The van der Waals surface area contributed by atoms with E-state index in [1.807, 2.05) is 0 Å². The minimum Gasteiger partial charge on any atom is -0.492 e. The van der Waals surface area contributed by atoms with E-state index >= 15 is 0 Å². The van der Waals surface area contributed by atoms with Crippen molar-refractivity contribution in [3.8, 4) is 5.75 Å². The van der Waals surface area contributed by atoms with Gasteiger partial charge in [0.2, 0.25) is 0 Å². The predicted molar refractivity (Wildman–Crippen MR) is 99.0 cm³/mol. The smallest absolute Gasteiger partial charge is 0.354 e. The van der Waals surface area contributed by atoms with Gasteiger partial charge in [-0.3, -0.25) is 10.1 Å². The molecular weight excluding hydrogens is 442 g/mol. The first kappa shape index (κ1) is 22.5. The Labute approximate surface area is 174 Å². The molecule has 2 rings (SSSR count). The van der Waals surface area contributed by atoms with Crippen LogP contribution in [0.1, 0.15) is 24.9 Å². The van der Waals surface area contributed by atoms with E-state index in [1.165, 1.54) is 19.2 Å². The molecule has 0 bridgehead atoms. The van der Waals surface area contributed by atoms with Crippen LogP contribution in [0.5, 0.6) is 5.75 Å². The lowest BCUT2D eigenvalue weighted by Crippen LogP contribution is -2.59. The van der Waals surface area contributed by atoms with Gasteiger partial charge in [0.25, 0.3) is 0 Å². The van der Waals surface area contributed by atoms with E-state index in [-0.39, 0.29) is 28.5 Å². The summed E-state index contributed by atoms with van der Waals surface area (Å²) in [5.41, 5.74) is 0.0173. The number of esters is 1. The first-order valence-electron chi connectivity index (χ1n) is 7.78. The fourth-order valence-corrected chi connectivity index (χ4v) is 3.36. The second-order valence-electron chi connectivity index (χ2n) is 5.67. The van der Waals surface area contributed by atoms with Crippen molar-refractivity contribution in [1.29, 1.82) is 0 Å². The van der Waals surface area contributed by atoms with Crippen LogP contribution in [-0.2, 0) is 24.2 Å². The molecule has 12 heteroatoms. The zero-order valence-corrected chi connectivity index (χ0v) is 17.2. The SMILES string of the molecule is COC(=O)C1NC(c2ccc(Cl)c(OC)c2F)C/C(=N\OOC(C)=O)C1(Cl)Cl. The van der Waals surface area contributed by atoms with Crippen molar-refractivity contribution in [2.45, 2.75) is 29.8 Å². The van der Waals surface area contributed by atoms with Crippen molar-refractivity contribution >= 4 is 52.5 Å². The van der Waals surface area contributed by atoms with E-state index in [1.54, 1.807) is 0 Å². The minimum absolute atomic E-state index is 0.0696. The van der Waals surface area contributed by atoms with E-state index in [4.69, 9.17) is 44.3 Å². The van der Waals surface area contributed by atoms with Gasteiger partial charge >= 0.3 is 11.9 Å². The third-order valence-electron chi connectivity index (χ3n) is 3.91. The van der Waals surface area contributed by atoms with Crippen LogP contribution in [0.4, 0.5) is 4.39 Å². The van der Waals surface area contributed by atoms with Crippen LogP contribution in [0, 0.1) is 5.82 Å². The maximum absolute atomic E-state index is 14.8. The highest BCUT2D eigenvalue weighted by molar-refractivity contribution is 6.60. The molecule has 1 aliphatic heterocycles. The molecule has 1 aromatic rings. The molecule has 1 aliphatic rings. The average molecular weight is 458 g/mol. The Kier molecular flexibility index (Phi) is 7.33. The second kappa shape index (κ2) is 9.13. The summed E-state index contributed by atoms with van der Waals surface area (Å²) in [6, 6.07) is 0.677. The van der Waals surface area contributed by atoms with Crippen molar-refractivity contribution in [3.63, 3.8) is 0 Å². The van der Waals surface area contributed by atoms with Gasteiger partial charge in [0.15, 0.2) is 15.9 Å². The number of carbonyl (C=O) groups is 2. The fourth-order valence-electron chi connectivity index (χ4n) is 2.61. The summed E-state index contributed by atoms with van der Waals surface area (Å²) in [5, 5.41) is 6.49. The molecule has 1 saturated heterocycles. The number of ether oxygens (including phenoxy) is 2. The quantitative estimate of drug-likeness (QED) is 0.314. The fraction of sp³-hybridized carbons (Fsp3) is 0.438. The van der Waals surface area contributed by atoms with Crippen LogP contribution in [0.3, 0.4) is 0 Å². The van der Waals surface area contributed by atoms with Gasteiger partial charge in [0.05, 0.1) is 19.2 Å². The van der Waals surface area contributed by atoms with Crippen molar-refractivity contribution in [1.82, 2.24) is 5.32 Å². The van der Waals surface area contributed by atoms with Crippen LogP contribution < -0.4 is 10.1 Å². The first-order valence-corrected chi connectivity index (χ1v) is 8.92. The van der Waals surface area contributed by atoms with Gasteiger partial charge < -0.3 is 9.47 Å². The number of hydrogen-bond donors (Lipinski definition) is 1. The van der Waals surface area contributed by atoms with Crippen LogP contribution in [0.15, 0.2) is 17.3 Å². The maximum atomic E-state index is 14.8. The monoisotopic (exact) mass is 456 g/mol. The van der Waals surface area contributed by atoms with Gasteiger partial charge in [-0.2, -0.15) is 4.99 Å². The van der Waals surface area contributed by atoms with Gasteiger partial charge in [-0.1, -0.05) is 40.9 Å². The van der Waals surface area contributed by atoms with Gasteiger partial charge in [0.1, 0.15) is 11.8 Å². The Balaban J connectivity index is 2.46. The molecule has 1 N–H and O–H groups in total. The molecule has 0 aliphatic carbocycles. The lowest BCUT2D eigenvalue weighted by molar-refractivity contribution is -0.271. The maximum Gasteiger partial charge on any atom is 0.354 e. The summed E-state index contributed by atoms with van der Waals surface area (Å²) in [4.78, 5) is 31.8. The Bertz CT molecular complexity index is 805. The summed E-state index contributed by atoms with van der Waals surface area (Å²) in [6.45, 7) is 1.09. The number of hydrogen-bond acceptors (Lipinski definition) is 8. The molecule has 1 fully saturated rings. The lowest BCUT2D eigenvalue weighted by atomic mass is 9.90. The summed E-state index contributed by atoms with van der Waals surface area (Å²) < 4.78 is 22.6. The number of methoxy groups -OCH3 is 2. The predicted octanol–water partition coefficient (Wildman–Crippen LogP) is 3.09. The summed E-state index contributed by atoms with van der Waals surface area (Å²) >= 11 is 18.5. The average Bonchev–Trinajstić information content (AvgIpc) is 2.62. The standard InChI is InChI=1S/C16H16Cl3FN2O6/c1-7(23)27-28-22-11-6-10(21-14(15(24)26-3)16(11,18)19)8-4-5-9(17)13(25-2)12(8)20/h4-5,10,14,21H,6H2,1-3H3/b22-11+. The molecule has 0 aromatic heterocycles. The Hall–Kier alpha value is -1.81. The van der Waals surface area contributed by atoms with Crippen molar-refractivity contribution in [3.05, 3.63) is 28.5 Å². The Morgan fingerprint density at radius 1 is 1.32 bits per heavy atom. The molecule has 2 unspecified atom stereocenters. The molecule has 1 heterocycles. The van der Waals surface area contributed by atoms with Crippen LogP contribution in [0.2, 0.25) is 5.02 Å². The van der Waals surface area contributed by atoms with Gasteiger partial charge in [-0.25, -0.2) is 14.1 Å². The minimum atomic E-state index is -1.92. The Morgan fingerprint density at radius 2 is 2.00 bits per heavy atom. The number of nitrogens with one attached hydrogen (secondary N) is 1. The van der Waals surface area contributed by atoms with E-state index in [9.17, 15) is 14.0 Å². The van der Waals surface area contributed by atoms with Crippen LogP contribution >= 0.6 is 34.8 Å². The number of nitrogens with zero attached hydrogens (tertiary/aromatic N) is 1. The zero-order chi connectivity index (χ0) is 21.1. The van der Waals surface area contributed by atoms with E-state index in [0.29, 0.717) is 0 Å². The number of carbonyl (C=O) groups excluding carboxylic acids is 2. The molecule has 0 saturated carbocycles. The highest BCUT2D eigenvalue weighted by Gasteiger charge is 2.51. The van der Waals surface area contributed by atoms with Crippen LogP contribution in [-0.4, -0.2) is 42.2 Å². The zero-order valence-electron chi connectivity index (χ0n) is 14.9. The number of piperidine rings is 1. The van der Waals surface area contributed by atoms with Crippen molar-refractivity contribution in [2.24, 2.45) is 5.16 Å². The molecule has 0 amide bonds. The number of rotatable bonds is 5. The molecule has 8 nitrogen and oxygen atoms in total. The molecule has 1 aromatic carbocycles. The van der Waals surface area contributed by atoms with Crippen molar-refractivity contribution in [2.75, 3.05) is 14.2 Å².